The van der Waals surface area contributed by atoms with Crippen molar-refractivity contribution in [2.45, 2.75) is 33.6 Å². The summed E-state index contributed by atoms with van der Waals surface area (Å²) in [4.78, 5) is 31.3. The van der Waals surface area contributed by atoms with Crippen LogP contribution in [0.1, 0.15) is 33.6 Å². The molecule has 1 heterocycles. The monoisotopic (exact) mass is 342 g/mol. The topological polar surface area (TPSA) is 113 Å². The Morgan fingerprint density at radius 2 is 1.58 bits per heavy atom. The van der Waals surface area contributed by atoms with E-state index in [9.17, 15) is 14.4 Å². The Balaban J connectivity index is 0. The van der Waals surface area contributed by atoms with Crippen molar-refractivity contribution in [2.24, 2.45) is 0 Å². The number of carboxylic acids is 2. The summed E-state index contributed by atoms with van der Waals surface area (Å²) in [6.07, 6.45) is 2.93. The lowest BCUT2D eigenvalue weighted by molar-refractivity contribution is -0.138. The molecule has 24 heavy (non-hydrogen) atoms. The van der Waals surface area contributed by atoms with Crippen molar-refractivity contribution in [3.63, 3.8) is 0 Å². The molecule has 0 aromatic carbocycles. The van der Waals surface area contributed by atoms with Crippen LogP contribution in [0.5, 0.6) is 0 Å². The predicted octanol–water partition coefficient (Wildman–Crippen LogP) is 2.58. The van der Waals surface area contributed by atoms with Crippen LogP contribution in [-0.4, -0.2) is 47.9 Å². The van der Waals surface area contributed by atoms with Crippen molar-refractivity contribution in [3.8, 4) is 0 Å². The summed E-state index contributed by atoms with van der Waals surface area (Å²) in [7, 11) is 0. The molecule has 2 N–H and O–H groups in total. The van der Waals surface area contributed by atoms with Gasteiger partial charge in [0.15, 0.2) is 0 Å². The second kappa shape index (κ2) is 14.2. The number of hydrogen-bond donors (Lipinski definition) is 2. The first-order chi connectivity index (χ1) is 11.1. The van der Waals surface area contributed by atoms with Crippen molar-refractivity contribution >= 4 is 17.9 Å². The standard InChI is InChI=1S/C11H16O4.C4H6O2.C2H4O/c1-4-5-6-15-11(14)9(3)7-8(2)10(12)13;1-3(2)4(5)6;1-2-3-1/h7H,3-6H2,1-2H3,(H,12,13);1H2,2H3,(H,5,6);1-2H2. The van der Waals surface area contributed by atoms with E-state index in [4.69, 9.17) is 14.9 Å². The normalized spacial score (nSPS) is 11.7. The summed E-state index contributed by atoms with van der Waals surface area (Å²) in [6, 6.07) is 0. The maximum Gasteiger partial charge on any atom is 0.337 e. The fourth-order valence-electron chi connectivity index (χ4n) is 0.784. The Morgan fingerprint density at radius 3 is 1.88 bits per heavy atom. The molecule has 136 valence electrons. The maximum atomic E-state index is 11.2. The molecule has 0 amide bonds. The van der Waals surface area contributed by atoms with Crippen molar-refractivity contribution in [1.82, 2.24) is 0 Å². The molecule has 0 aromatic rings. The maximum absolute atomic E-state index is 11.2. The van der Waals surface area contributed by atoms with Crippen LogP contribution in [0, 0.1) is 0 Å². The highest BCUT2D eigenvalue weighted by Gasteiger charge is 2.08. The summed E-state index contributed by atoms with van der Waals surface area (Å²) >= 11 is 0. The van der Waals surface area contributed by atoms with Crippen LogP contribution in [0.25, 0.3) is 0 Å². The molecule has 0 aromatic heterocycles. The second-order valence-corrected chi connectivity index (χ2v) is 4.85. The van der Waals surface area contributed by atoms with Gasteiger partial charge >= 0.3 is 17.9 Å². The van der Waals surface area contributed by atoms with E-state index < -0.39 is 17.9 Å². The van der Waals surface area contributed by atoms with Crippen molar-refractivity contribution < 1.29 is 34.1 Å². The van der Waals surface area contributed by atoms with Gasteiger partial charge in [-0.25, -0.2) is 14.4 Å². The average molecular weight is 342 g/mol. The van der Waals surface area contributed by atoms with Crippen molar-refractivity contribution in [3.05, 3.63) is 36.0 Å². The Bertz CT molecular complexity index is 472. The van der Waals surface area contributed by atoms with Gasteiger partial charge in [-0.2, -0.15) is 0 Å². The van der Waals surface area contributed by atoms with Crippen LogP contribution in [0.2, 0.25) is 0 Å². The van der Waals surface area contributed by atoms with Crippen LogP contribution in [0.15, 0.2) is 36.0 Å². The van der Waals surface area contributed by atoms with E-state index in [-0.39, 0.29) is 16.7 Å². The molecule has 7 heteroatoms. The zero-order chi connectivity index (χ0) is 19.1. The Kier molecular flexibility index (Phi) is 14.1. The van der Waals surface area contributed by atoms with Gasteiger partial charge in [-0.05, 0) is 26.3 Å². The zero-order valence-electron chi connectivity index (χ0n) is 14.5. The molecule has 1 aliphatic rings. The minimum Gasteiger partial charge on any atom is -0.478 e. The third-order valence-electron chi connectivity index (χ3n) is 2.29. The van der Waals surface area contributed by atoms with E-state index in [0.717, 1.165) is 26.1 Å². The summed E-state index contributed by atoms with van der Waals surface area (Å²) in [5.41, 5.74) is 0.299. The van der Waals surface area contributed by atoms with E-state index in [0.29, 0.717) is 6.61 Å². The van der Waals surface area contributed by atoms with Gasteiger partial charge in [-0.1, -0.05) is 26.5 Å². The molecule has 7 nitrogen and oxygen atoms in total. The number of hydrogen-bond acceptors (Lipinski definition) is 5. The van der Waals surface area contributed by atoms with Crippen LogP contribution < -0.4 is 0 Å². The van der Waals surface area contributed by atoms with Crippen LogP contribution in [0.4, 0.5) is 0 Å². The number of epoxide rings is 1. The summed E-state index contributed by atoms with van der Waals surface area (Å²) in [5, 5.41) is 16.5. The minimum atomic E-state index is -1.07. The Morgan fingerprint density at radius 1 is 1.12 bits per heavy atom. The van der Waals surface area contributed by atoms with E-state index in [1.807, 2.05) is 6.92 Å². The number of aliphatic carboxylic acids is 2. The Labute approximate surface area is 142 Å². The predicted molar refractivity (Wildman–Crippen MR) is 89.7 cm³/mol. The van der Waals surface area contributed by atoms with Gasteiger partial charge in [0.1, 0.15) is 0 Å². The largest absolute Gasteiger partial charge is 0.478 e. The van der Waals surface area contributed by atoms with Crippen molar-refractivity contribution in [2.75, 3.05) is 19.8 Å². The van der Waals surface area contributed by atoms with Gasteiger partial charge in [0.2, 0.25) is 0 Å². The van der Waals surface area contributed by atoms with Gasteiger partial charge in [0.25, 0.3) is 0 Å². The van der Waals surface area contributed by atoms with E-state index in [1.165, 1.54) is 19.9 Å². The number of esters is 1. The lowest BCUT2D eigenvalue weighted by Crippen LogP contribution is -2.08. The number of carboxylic acid groups (broad SMARTS) is 2. The molecule has 1 aliphatic heterocycles. The number of carbonyl (C=O) groups excluding carboxylic acids is 1. The third kappa shape index (κ3) is 17.6. The highest BCUT2D eigenvalue weighted by Crippen LogP contribution is 2.03. The molecule has 1 saturated heterocycles. The summed E-state index contributed by atoms with van der Waals surface area (Å²) in [6.45, 7) is 13.8. The number of unbranched alkanes of at least 4 members (excludes halogenated alkanes) is 1. The molecule has 0 saturated carbocycles. The summed E-state index contributed by atoms with van der Waals surface area (Å²) in [5.74, 6) is -2.57. The van der Waals surface area contributed by atoms with Crippen molar-refractivity contribution in [1.29, 1.82) is 0 Å². The smallest absolute Gasteiger partial charge is 0.337 e. The molecular formula is C17H26O7. The van der Waals surface area contributed by atoms with E-state index in [2.05, 4.69) is 17.9 Å². The van der Waals surface area contributed by atoms with Crippen LogP contribution in [0.3, 0.4) is 0 Å². The molecule has 1 rings (SSSR count). The lowest BCUT2D eigenvalue weighted by atomic mass is 10.2. The highest BCUT2D eigenvalue weighted by atomic mass is 16.6. The molecule has 0 aliphatic carbocycles. The SMILES string of the molecule is C1CO1.C=C(C)C(=O)O.C=C(C=C(C)C(=O)O)C(=O)OCCCC. The number of rotatable bonds is 7. The first-order valence-corrected chi connectivity index (χ1v) is 7.37. The van der Waals surface area contributed by atoms with Gasteiger partial charge in [0, 0.05) is 11.1 Å². The first kappa shape index (κ1) is 23.9. The molecular weight excluding hydrogens is 316 g/mol. The average Bonchev–Trinajstić information content (AvgIpc) is 3.36. The lowest BCUT2D eigenvalue weighted by Gasteiger charge is -2.03. The second-order valence-electron chi connectivity index (χ2n) is 4.85. The van der Waals surface area contributed by atoms with Crippen LogP contribution in [-0.2, 0) is 23.9 Å². The van der Waals surface area contributed by atoms with E-state index in [1.54, 1.807) is 0 Å². The fraction of sp³-hybridized carbons (Fsp3) is 0.471. The quantitative estimate of drug-likeness (QED) is 0.240. The Hall–Kier alpha value is -2.41. The molecule has 0 bridgehead atoms. The van der Waals surface area contributed by atoms with Gasteiger partial charge in [-0.3, -0.25) is 0 Å². The number of carbonyl (C=O) groups is 3. The molecule has 0 atom stereocenters. The third-order valence-corrected chi connectivity index (χ3v) is 2.29. The molecule has 0 unspecified atom stereocenters. The molecule has 0 radical (unpaired) electrons. The van der Waals surface area contributed by atoms with E-state index >= 15 is 0 Å². The molecule has 1 fully saturated rings. The highest BCUT2D eigenvalue weighted by molar-refractivity contribution is 5.94. The zero-order valence-corrected chi connectivity index (χ0v) is 14.5. The van der Waals surface area contributed by atoms with Crippen LogP contribution >= 0.6 is 0 Å². The van der Waals surface area contributed by atoms with Gasteiger partial charge in [0.05, 0.1) is 25.4 Å². The van der Waals surface area contributed by atoms with Gasteiger partial charge < -0.3 is 19.7 Å². The van der Waals surface area contributed by atoms with Gasteiger partial charge in [-0.15, -0.1) is 0 Å². The molecule has 0 spiro atoms. The number of ether oxygens (including phenoxy) is 2. The minimum absolute atomic E-state index is 0.0611. The first-order valence-electron chi connectivity index (χ1n) is 7.37. The fourth-order valence-corrected chi connectivity index (χ4v) is 0.784. The summed E-state index contributed by atoms with van der Waals surface area (Å²) < 4.78 is 9.35.